The maximum atomic E-state index is 11.0. The van der Waals surface area contributed by atoms with Gasteiger partial charge in [-0.2, -0.15) is 0 Å². The standard InChI is InChI=1S/C6H4N2O3S/c9-5-4-3(1-2-12-4)8(11)6(10)7-5/h1-2,11H,(H,7,9,10). The highest BCUT2D eigenvalue weighted by molar-refractivity contribution is 7.17. The van der Waals surface area contributed by atoms with E-state index < -0.39 is 11.2 Å². The zero-order valence-electron chi connectivity index (χ0n) is 5.77. The molecule has 6 heteroatoms. The first-order valence-electron chi connectivity index (χ1n) is 3.12. The number of hydrogen-bond acceptors (Lipinski definition) is 4. The van der Waals surface area contributed by atoms with E-state index in [1.54, 1.807) is 5.38 Å². The van der Waals surface area contributed by atoms with E-state index in [2.05, 4.69) is 0 Å². The summed E-state index contributed by atoms with van der Waals surface area (Å²) >= 11 is 1.17. The van der Waals surface area contributed by atoms with Crippen LogP contribution in [0, 0.1) is 0 Å². The number of aromatic amines is 1. The van der Waals surface area contributed by atoms with E-state index in [9.17, 15) is 9.59 Å². The van der Waals surface area contributed by atoms with Crippen LogP contribution in [0.15, 0.2) is 21.0 Å². The molecule has 0 aromatic carbocycles. The van der Waals surface area contributed by atoms with Gasteiger partial charge in [0.25, 0.3) is 5.56 Å². The van der Waals surface area contributed by atoms with Crippen LogP contribution in [0.4, 0.5) is 0 Å². The normalized spacial score (nSPS) is 10.7. The number of fused-ring (bicyclic) bond motifs is 1. The van der Waals surface area contributed by atoms with Gasteiger partial charge in [0.05, 0.1) is 0 Å². The summed E-state index contributed by atoms with van der Waals surface area (Å²) in [6.07, 6.45) is 0. The molecule has 0 radical (unpaired) electrons. The summed E-state index contributed by atoms with van der Waals surface area (Å²) < 4.78 is 0.768. The predicted octanol–water partition coefficient (Wildman–Crippen LogP) is -0.0114. The zero-order chi connectivity index (χ0) is 8.72. The third kappa shape index (κ3) is 0.782. The van der Waals surface area contributed by atoms with E-state index in [1.807, 2.05) is 4.98 Å². The Balaban J connectivity index is 3.18. The van der Waals surface area contributed by atoms with Crippen molar-refractivity contribution in [3.05, 3.63) is 32.3 Å². The number of rotatable bonds is 0. The summed E-state index contributed by atoms with van der Waals surface area (Å²) in [5, 5.41) is 10.7. The Morgan fingerprint density at radius 3 is 3.00 bits per heavy atom. The van der Waals surface area contributed by atoms with Gasteiger partial charge < -0.3 is 5.21 Å². The van der Waals surface area contributed by atoms with Gasteiger partial charge in [-0.1, -0.05) is 0 Å². The average molecular weight is 184 g/mol. The molecule has 2 N–H and O–H groups in total. The maximum absolute atomic E-state index is 11.0. The van der Waals surface area contributed by atoms with Crippen LogP contribution in [-0.2, 0) is 0 Å². The third-order valence-corrected chi connectivity index (χ3v) is 2.39. The fourth-order valence-corrected chi connectivity index (χ4v) is 1.72. The second-order valence-electron chi connectivity index (χ2n) is 2.21. The van der Waals surface area contributed by atoms with Crippen molar-refractivity contribution in [2.45, 2.75) is 0 Å². The Hall–Kier alpha value is -1.56. The molecule has 0 aliphatic heterocycles. The molecule has 0 unspecified atom stereocenters. The lowest BCUT2D eigenvalue weighted by molar-refractivity contribution is 0.184. The smallest absolute Gasteiger partial charge is 0.361 e. The van der Waals surface area contributed by atoms with Gasteiger partial charge in [-0.15, -0.1) is 16.1 Å². The lowest BCUT2D eigenvalue weighted by Gasteiger charge is -1.94. The molecular weight excluding hydrogens is 180 g/mol. The van der Waals surface area contributed by atoms with E-state index >= 15 is 0 Å². The first-order chi connectivity index (χ1) is 5.70. The highest BCUT2D eigenvalue weighted by Crippen LogP contribution is 2.12. The molecule has 0 atom stereocenters. The molecule has 62 valence electrons. The van der Waals surface area contributed by atoms with Gasteiger partial charge in [-0.25, -0.2) is 4.79 Å². The summed E-state index contributed by atoms with van der Waals surface area (Å²) in [5.74, 6) is 0. The Labute approximate surface area is 69.5 Å². The topological polar surface area (TPSA) is 75.1 Å². The SMILES string of the molecule is O=c1[nH]c(=O)n(O)c2ccsc12. The number of nitrogens with one attached hydrogen (secondary N) is 1. The predicted molar refractivity (Wildman–Crippen MR) is 43.9 cm³/mol. The molecule has 2 aromatic heterocycles. The van der Waals surface area contributed by atoms with Crippen LogP contribution >= 0.6 is 11.3 Å². The summed E-state index contributed by atoms with van der Waals surface area (Å²) in [7, 11) is 0. The van der Waals surface area contributed by atoms with Crippen LogP contribution in [0.25, 0.3) is 10.2 Å². The minimum atomic E-state index is -0.814. The van der Waals surface area contributed by atoms with Crippen molar-refractivity contribution in [1.82, 2.24) is 9.71 Å². The molecule has 2 aromatic rings. The van der Waals surface area contributed by atoms with Gasteiger partial charge in [-0.05, 0) is 11.4 Å². The van der Waals surface area contributed by atoms with Crippen LogP contribution in [0.5, 0.6) is 0 Å². The summed E-state index contributed by atoms with van der Waals surface area (Å²) in [5.41, 5.74) is -1.03. The van der Waals surface area contributed by atoms with Crippen LogP contribution in [-0.4, -0.2) is 14.9 Å². The molecule has 0 aliphatic rings. The third-order valence-electron chi connectivity index (χ3n) is 1.49. The molecular formula is C6H4N2O3S. The monoisotopic (exact) mass is 184 g/mol. The summed E-state index contributed by atoms with van der Waals surface area (Å²) in [4.78, 5) is 23.8. The van der Waals surface area contributed by atoms with Gasteiger partial charge in [0.2, 0.25) is 0 Å². The fourth-order valence-electron chi connectivity index (χ4n) is 0.955. The van der Waals surface area contributed by atoms with Crippen molar-refractivity contribution in [2.24, 2.45) is 0 Å². The quantitative estimate of drug-likeness (QED) is 0.565. The van der Waals surface area contributed by atoms with E-state index in [-0.39, 0.29) is 5.52 Å². The lowest BCUT2D eigenvalue weighted by atomic mass is 10.5. The highest BCUT2D eigenvalue weighted by atomic mass is 32.1. The van der Waals surface area contributed by atoms with Crippen molar-refractivity contribution < 1.29 is 5.21 Å². The van der Waals surface area contributed by atoms with E-state index in [0.29, 0.717) is 9.43 Å². The Kier molecular flexibility index (Phi) is 1.31. The van der Waals surface area contributed by atoms with Crippen molar-refractivity contribution >= 4 is 21.6 Å². The number of aromatic nitrogens is 2. The van der Waals surface area contributed by atoms with Crippen LogP contribution < -0.4 is 11.2 Å². The first kappa shape index (κ1) is 7.11. The molecule has 0 bridgehead atoms. The molecule has 2 rings (SSSR count). The highest BCUT2D eigenvalue weighted by Gasteiger charge is 2.05. The van der Waals surface area contributed by atoms with E-state index in [4.69, 9.17) is 5.21 Å². The number of thiophene rings is 1. The summed E-state index contributed by atoms with van der Waals surface area (Å²) in [6.45, 7) is 0. The molecule has 12 heavy (non-hydrogen) atoms. The van der Waals surface area contributed by atoms with Crippen LogP contribution in [0.2, 0.25) is 0 Å². The molecule has 0 saturated carbocycles. The van der Waals surface area contributed by atoms with Gasteiger partial charge in [0.15, 0.2) is 0 Å². The van der Waals surface area contributed by atoms with Crippen molar-refractivity contribution in [3.8, 4) is 0 Å². The van der Waals surface area contributed by atoms with E-state index in [1.165, 1.54) is 17.4 Å². The van der Waals surface area contributed by atoms with Crippen LogP contribution in [0.1, 0.15) is 0 Å². The molecule has 2 heterocycles. The van der Waals surface area contributed by atoms with Gasteiger partial charge in [-0.3, -0.25) is 9.78 Å². The van der Waals surface area contributed by atoms with Gasteiger partial charge in [0.1, 0.15) is 10.2 Å². The Morgan fingerprint density at radius 2 is 2.25 bits per heavy atom. The fraction of sp³-hybridized carbons (Fsp3) is 0. The van der Waals surface area contributed by atoms with Crippen molar-refractivity contribution in [1.29, 1.82) is 0 Å². The van der Waals surface area contributed by atoms with Crippen molar-refractivity contribution in [2.75, 3.05) is 0 Å². The molecule has 5 nitrogen and oxygen atoms in total. The molecule has 0 aliphatic carbocycles. The zero-order valence-corrected chi connectivity index (χ0v) is 6.59. The Bertz CT molecular complexity index is 535. The Morgan fingerprint density at radius 1 is 1.50 bits per heavy atom. The molecule has 0 spiro atoms. The molecule has 0 amide bonds. The summed E-state index contributed by atoms with van der Waals surface area (Å²) in [6, 6.07) is 1.51. The van der Waals surface area contributed by atoms with E-state index in [0.717, 1.165) is 0 Å². The second-order valence-corrected chi connectivity index (χ2v) is 3.12. The maximum Gasteiger partial charge on any atom is 0.361 e. The largest absolute Gasteiger partial charge is 0.424 e. The minimum absolute atomic E-state index is 0.244. The van der Waals surface area contributed by atoms with Gasteiger partial charge in [0, 0.05) is 0 Å². The minimum Gasteiger partial charge on any atom is -0.424 e. The first-order valence-corrected chi connectivity index (χ1v) is 4.00. The number of hydrogen-bond donors (Lipinski definition) is 2. The van der Waals surface area contributed by atoms with Crippen LogP contribution in [0.3, 0.4) is 0 Å². The number of H-pyrrole nitrogens is 1. The average Bonchev–Trinajstić information content (AvgIpc) is 2.48. The molecule has 0 saturated heterocycles. The van der Waals surface area contributed by atoms with Gasteiger partial charge >= 0.3 is 5.69 Å². The molecule has 0 fully saturated rings. The number of nitrogens with zero attached hydrogens (tertiary/aromatic N) is 1. The lowest BCUT2D eigenvalue weighted by Crippen LogP contribution is -2.27. The second kappa shape index (κ2) is 2.21. The van der Waals surface area contributed by atoms with Crippen molar-refractivity contribution in [3.63, 3.8) is 0 Å².